The van der Waals surface area contributed by atoms with Gasteiger partial charge in [0.05, 0.1) is 6.54 Å². The summed E-state index contributed by atoms with van der Waals surface area (Å²) in [6.45, 7) is 1.63. The van der Waals surface area contributed by atoms with Crippen LogP contribution in [0.5, 0.6) is 0 Å². The minimum Gasteiger partial charge on any atom is -0.337 e. The molecule has 1 aromatic heterocycles. The molecule has 0 radical (unpaired) electrons. The van der Waals surface area contributed by atoms with Crippen molar-refractivity contribution >= 4 is 0 Å². The highest BCUT2D eigenvalue weighted by atomic mass is 15.2. The third-order valence-electron chi connectivity index (χ3n) is 3.07. The third-order valence-corrected chi connectivity index (χ3v) is 3.07. The number of likely N-dealkylation sites (N-methyl/N-ethyl adjacent to an activating group) is 1. The van der Waals surface area contributed by atoms with Gasteiger partial charge in [-0.25, -0.2) is 4.98 Å². The van der Waals surface area contributed by atoms with E-state index in [1.807, 2.05) is 42.2 Å². The lowest BCUT2D eigenvalue weighted by Gasteiger charge is -2.21. The fourth-order valence-corrected chi connectivity index (χ4v) is 2.00. The average molecular weight is 244 g/mol. The number of benzene rings is 1. The van der Waals surface area contributed by atoms with Gasteiger partial charge in [0.15, 0.2) is 0 Å². The van der Waals surface area contributed by atoms with Crippen LogP contribution in [-0.4, -0.2) is 28.0 Å². The highest BCUT2D eigenvalue weighted by Crippen LogP contribution is 2.11. The molecule has 2 rings (SSSR count). The first kappa shape index (κ1) is 12.8. The second-order valence-electron chi connectivity index (χ2n) is 4.67. The van der Waals surface area contributed by atoms with Crippen LogP contribution in [0.2, 0.25) is 0 Å². The summed E-state index contributed by atoms with van der Waals surface area (Å²) in [6.07, 6.45) is 3.78. The van der Waals surface area contributed by atoms with E-state index in [1.165, 1.54) is 5.56 Å². The Morgan fingerprint density at radius 3 is 2.67 bits per heavy atom. The molecule has 0 aliphatic rings. The average Bonchev–Trinajstić information content (AvgIpc) is 2.76. The Morgan fingerprint density at radius 1 is 1.33 bits per heavy atom. The molecule has 0 aliphatic carbocycles. The zero-order valence-corrected chi connectivity index (χ0v) is 11.0. The molecule has 1 atom stereocenters. The number of hydrogen-bond donors (Lipinski definition) is 1. The van der Waals surface area contributed by atoms with E-state index in [2.05, 4.69) is 29.1 Å². The van der Waals surface area contributed by atoms with Crippen molar-refractivity contribution in [2.45, 2.75) is 12.6 Å². The minimum atomic E-state index is 0.0384. The van der Waals surface area contributed by atoms with Crippen LogP contribution in [0.25, 0.3) is 0 Å². The summed E-state index contributed by atoms with van der Waals surface area (Å²) in [5.41, 5.74) is 7.36. The van der Waals surface area contributed by atoms with Gasteiger partial charge in [0.2, 0.25) is 0 Å². The molecule has 1 aromatic carbocycles. The Balaban J connectivity index is 1.92. The maximum absolute atomic E-state index is 6.19. The third kappa shape index (κ3) is 3.18. The van der Waals surface area contributed by atoms with Crippen LogP contribution in [0.1, 0.15) is 17.4 Å². The molecule has 0 spiro atoms. The van der Waals surface area contributed by atoms with Gasteiger partial charge in [0.25, 0.3) is 0 Å². The van der Waals surface area contributed by atoms with Crippen LogP contribution < -0.4 is 5.73 Å². The van der Waals surface area contributed by atoms with Gasteiger partial charge in [-0.05, 0) is 12.6 Å². The van der Waals surface area contributed by atoms with Crippen molar-refractivity contribution in [2.75, 3.05) is 13.6 Å². The summed E-state index contributed by atoms with van der Waals surface area (Å²) >= 11 is 0. The summed E-state index contributed by atoms with van der Waals surface area (Å²) < 4.78 is 2.03. The largest absolute Gasteiger partial charge is 0.337 e. The molecule has 0 amide bonds. The number of aromatic nitrogens is 2. The standard InChI is InChI=1S/C14H20N4/c1-17(11-14-16-8-9-18(14)2)10-13(15)12-6-4-3-5-7-12/h3-9,13H,10-11,15H2,1-2H3. The Morgan fingerprint density at radius 2 is 2.06 bits per heavy atom. The van der Waals surface area contributed by atoms with E-state index in [0.717, 1.165) is 18.9 Å². The van der Waals surface area contributed by atoms with Gasteiger partial charge < -0.3 is 10.3 Å². The zero-order valence-electron chi connectivity index (χ0n) is 11.0. The summed E-state index contributed by atoms with van der Waals surface area (Å²) in [4.78, 5) is 6.51. The molecule has 2 aromatic rings. The van der Waals surface area contributed by atoms with Crippen molar-refractivity contribution in [3.63, 3.8) is 0 Å². The topological polar surface area (TPSA) is 47.1 Å². The molecule has 1 heterocycles. The lowest BCUT2D eigenvalue weighted by molar-refractivity contribution is 0.295. The van der Waals surface area contributed by atoms with Crippen LogP contribution in [0.15, 0.2) is 42.7 Å². The van der Waals surface area contributed by atoms with Crippen molar-refractivity contribution in [1.82, 2.24) is 14.5 Å². The smallest absolute Gasteiger partial charge is 0.122 e. The van der Waals surface area contributed by atoms with Crippen LogP contribution in [0.3, 0.4) is 0 Å². The number of aryl methyl sites for hydroxylation is 1. The Labute approximate surface area is 108 Å². The Hall–Kier alpha value is -1.65. The lowest BCUT2D eigenvalue weighted by Crippen LogP contribution is -2.29. The van der Waals surface area contributed by atoms with Crippen molar-refractivity contribution in [3.05, 3.63) is 54.1 Å². The van der Waals surface area contributed by atoms with Crippen LogP contribution >= 0.6 is 0 Å². The van der Waals surface area contributed by atoms with E-state index < -0.39 is 0 Å². The van der Waals surface area contributed by atoms with Gasteiger partial charge in [0.1, 0.15) is 5.82 Å². The molecular formula is C14H20N4. The van der Waals surface area contributed by atoms with Crippen molar-refractivity contribution in [3.8, 4) is 0 Å². The van der Waals surface area contributed by atoms with Crippen LogP contribution in [0.4, 0.5) is 0 Å². The molecule has 4 heteroatoms. The fraction of sp³-hybridized carbons (Fsp3) is 0.357. The number of rotatable bonds is 5. The highest BCUT2D eigenvalue weighted by molar-refractivity contribution is 5.18. The van der Waals surface area contributed by atoms with Gasteiger partial charge in [-0.1, -0.05) is 30.3 Å². The van der Waals surface area contributed by atoms with Crippen molar-refractivity contribution < 1.29 is 0 Å². The first-order valence-electron chi connectivity index (χ1n) is 6.12. The molecule has 1 unspecified atom stereocenters. The monoisotopic (exact) mass is 244 g/mol. The summed E-state index contributed by atoms with van der Waals surface area (Å²) in [5, 5.41) is 0. The van der Waals surface area contributed by atoms with Gasteiger partial charge in [0, 0.05) is 32.0 Å². The molecule has 0 bridgehead atoms. The van der Waals surface area contributed by atoms with Gasteiger partial charge in [-0.15, -0.1) is 0 Å². The zero-order chi connectivity index (χ0) is 13.0. The van der Waals surface area contributed by atoms with E-state index in [0.29, 0.717) is 0 Å². The van der Waals surface area contributed by atoms with Gasteiger partial charge in [-0.2, -0.15) is 0 Å². The molecule has 0 saturated carbocycles. The van der Waals surface area contributed by atoms with E-state index in [1.54, 1.807) is 0 Å². The highest BCUT2D eigenvalue weighted by Gasteiger charge is 2.10. The molecule has 0 fully saturated rings. The van der Waals surface area contributed by atoms with Gasteiger partial charge >= 0.3 is 0 Å². The molecule has 18 heavy (non-hydrogen) atoms. The fourth-order valence-electron chi connectivity index (χ4n) is 2.00. The van der Waals surface area contributed by atoms with Gasteiger partial charge in [-0.3, -0.25) is 4.90 Å². The first-order chi connectivity index (χ1) is 8.66. The van der Waals surface area contributed by atoms with E-state index in [4.69, 9.17) is 5.73 Å². The minimum absolute atomic E-state index is 0.0384. The first-order valence-corrected chi connectivity index (χ1v) is 6.12. The number of nitrogens with two attached hydrogens (primary N) is 1. The van der Waals surface area contributed by atoms with E-state index in [9.17, 15) is 0 Å². The molecule has 2 N–H and O–H groups in total. The summed E-state index contributed by atoms with van der Waals surface area (Å²) in [7, 11) is 4.07. The number of hydrogen-bond acceptors (Lipinski definition) is 3. The van der Waals surface area contributed by atoms with E-state index in [-0.39, 0.29) is 6.04 Å². The maximum Gasteiger partial charge on any atom is 0.122 e. The van der Waals surface area contributed by atoms with E-state index >= 15 is 0 Å². The van der Waals surface area contributed by atoms with Crippen molar-refractivity contribution in [1.29, 1.82) is 0 Å². The quantitative estimate of drug-likeness (QED) is 0.868. The molecule has 96 valence electrons. The maximum atomic E-state index is 6.19. The molecule has 4 nitrogen and oxygen atoms in total. The number of nitrogens with zero attached hydrogens (tertiary/aromatic N) is 3. The molecule has 0 saturated heterocycles. The van der Waals surface area contributed by atoms with Crippen LogP contribution in [-0.2, 0) is 13.6 Å². The molecule has 0 aliphatic heterocycles. The summed E-state index contributed by atoms with van der Waals surface area (Å²) in [6, 6.07) is 10.2. The lowest BCUT2D eigenvalue weighted by atomic mass is 10.1. The van der Waals surface area contributed by atoms with Crippen LogP contribution in [0, 0.1) is 0 Å². The van der Waals surface area contributed by atoms with Crippen molar-refractivity contribution in [2.24, 2.45) is 12.8 Å². The normalized spacial score (nSPS) is 12.9. The Bertz CT molecular complexity index is 478. The SMILES string of the molecule is CN(Cc1nccn1C)CC(N)c1ccccc1. The summed E-state index contributed by atoms with van der Waals surface area (Å²) in [5.74, 6) is 1.05. The Kier molecular flexibility index (Phi) is 4.12. The second-order valence-corrected chi connectivity index (χ2v) is 4.67. The number of imidazole rings is 1. The predicted molar refractivity (Wildman–Crippen MR) is 72.9 cm³/mol. The predicted octanol–water partition coefficient (Wildman–Crippen LogP) is 1.55. The second kappa shape index (κ2) is 5.80. The molecular weight excluding hydrogens is 224 g/mol.